The molecule has 2 rings (SSSR count). The van der Waals surface area contributed by atoms with Gasteiger partial charge >= 0.3 is 6.09 Å². The van der Waals surface area contributed by atoms with Crippen molar-refractivity contribution >= 4 is 39.3 Å². The van der Waals surface area contributed by atoms with Crippen molar-refractivity contribution in [2.75, 3.05) is 18.1 Å². The fraction of sp³-hybridized carbons (Fsp3) is 0.600. The Morgan fingerprint density at radius 3 is 2.44 bits per heavy atom. The zero-order valence-electron chi connectivity index (χ0n) is 16.5. The van der Waals surface area contributed by atoms with Gasteiger partial charge in [0.1, 0.15) is 11.6 Å². The second kappa shape index (κ2) is 8.95. The summed E-state index contributed by atoms with van der Waals surface area (Å²) >= 11 is 3.36. The average Bonchev–Trinajstić information content (AvgIpc) is 2.57. The molecule has 150 valence electrons. The molecular weight excluding hydrogens is 410 g/mol. The maximum Gasteiger partial charge on any atom is 0.410 e. The van der Waals surface area contributed by atoms with Gasteiger partial charge in [-0.2, -0.15) is 0 Å². The Morgan fingerprint density at radius 2 is 1.89 bits per heavy atom. The first kappa shape index (κ1) is 21.5. The van der Waals surface area contributed by atoms with Gasteiger partial charge in [-0.3, -0.25) is 9.69 Å². The third-order valence-electron chi connectivity index (χ3n) is 4.74. The summed E-state index contributed by atoms with van der Waals surface area (Å²) in [6, 6.07) is 4.72. The number of rotatable bonds is 4. The van der Waals surface area contributed by atoms with Crippen molar-refractivity contribution in [1.82, 2.24) is 4.90 Å². The lowest BCUT2D eigenvalue weighted by atomic mass is 9.83. The fourth-order valence-electron chi connectivity index (χ4n) is 3.46. The number of hydrogen-bond acceptors (Lipinski definition) is 4. The third kappa shape index (κ3) is 6.13. The van der Waals surface area contributed by atoms with Gasteiger partial charge in [0.25, 0.3) is 0 Å². The molecule has 1 saturated carbocycles. The Hall–Kier alpha value is -1.76. The van der Waals surface area contributed by atoms with Crippen LogP contribution in [0.4, 0.5) is 16.2 Å². The van der Waals surface area contributed by atoms with Gasteiger partial charge in [0.2, 0.25) is 5.91 Å². The van der Waals surface area contributed by atoms with Crippen molar-refractivity contribution < 1.29 is 14.3 Å². The number of nitrogens with two attached hydrogens (primary N) is 1. The summed E-state index contributed by atoms with van der Waals surface area (Å²) in [6.45, 7) is 5.45. The van der Waals surface area contributed by atoms with Crippen LogP contribution in [0, 0.1) is 5.92 Å². The van der Waals surface area contributed by atoms with Gasteiger partial charge in [-0.25, -0.2) is 4.79 Å². The van der Waals surface area contributed by atoms with Crippen LogP contribution in [0.25, 0.3) is 0 Å². The number of halogens is 1. The minimum absolute atomic E-state index is 0.105. The molecule has 1 aromatic carbocycles. The molecule has 0 heterocycles. The molecule has 1 atom stereocenters. The molecule has 7 heteroatoms. The Labute approximate surface area is 169 Å². The molecule has 1 aliphatic rings. The van der Waals surface area contributed by atoms with E-state index in [9.17, 15) is 9.59 Å². The van der Waals surface area contributed by atoms with E-state index in [1.165, 1.54) is 11.3 Å². The normalized spacial score (nSPS) is 16.5. The molecule has 1 fully saturated rings. The zero-order chi connectivity index (χ0) is 20.2. The lowest BCUT2D eigenvalue weighted by Crippen LogP contribution is -2.51. The molecule has 27 heavy (non-hydrogen) atoms. The van der Waals surface area contributed by atoms with E-state index in [0.29, 0.717) is 11.4 Å². The largest absolute Gasteiger partial charge is 0.444 e. The van der Waals surface area contributed by atoms with Gasteiger partial charge in [0.15, 0.2) is 0 Å². The summed E-state index contributed by atoms with van der Waals surface area (Å²) in [6.07, 6.45) is 4.65. The highest BCUT2D eigenvalue weighted by Gasteiger charge is 2.37. The van der Waals surface area contributed by atoms with Crippen LogP contribution < -0.4 is 11.1 Å². The van der Waals surface area contributed by atoms with Crippen molar-refractivity contribution in [1.29, 1.82) is 0 Å². The number of ether oxygens (including phenoxy) is 1. The second-order valence-electron chi connectivity index (χ2n) is 8.15. The van der Waals surface area contributed by atoms with Crippen LogP contribution in [0.3, 0.4) is 0 Å². The lowest BCUT2D eigenvalue weighted by molar-refractivity contribution is -0.123. The van der Waals surface area contributed by atoms with Crippen molar-refractivity contribution in [3.05, 3.63) is 22.7 Å². The molecule has 6 nitrogen and oxygen atoms in total. The van der Waals surface area contributed by atoms with Crippen LogP contribution in [0.1, 0.15) is 52.9 Å². The Balaban J connectivity index is 2.22. The number of carbonyl (C=O) groups is 2. The van der Waals surface area contributed by atoms with Gasteiger partial charge in [-0.15, -0.1) is 0 Å². The van der Waals surface area contributed by atoms with Crippen molar-refractivity contribution in [2.45, 2.75) is 64.5 Å². The third-order valence-corrected chi connectivity index (χ3v) is 5.23. The smallest absolute Gasteiger partial charge is 0.410 e. The molecule has 0 radical (unpaired) electrons. The Morgan fingerprint density at radius 1 is 1.26 bits per heavy atom. The summed E-state index contributed by atoms with van der Waals surface area (Å²) in [5.74, 6) is -0.128. The lowest BCUT2D eigenvalue weighted by Gasteiger charge is -2.36. The molecule has 2 amide bonds. The summed E-state index contributed by atoms with van der Waals surface area (Å²) in [7, 11) is 1.64. The van der Waals surface area contributed by atoms with Crippen LogP contribution in [0.2, 0.25) is 0 Å². The highest BCUT2D eigenvalue weighted by Crippen LogP contribution is 2.31. The predicted octanol–water partition coefficient (Wildman–Crippen LogP) is 4.79. The first-order valence-electron chi connectivity index (χ1n) is 9.40. The molecule has 0 saturated heterocycles. The van der Waals surface area contributed by atoms with Gasteiger partial charge in [-0.05, 0) is 57.7 Å². The first-order chi connectivity index (χ1) is 12.6. The first-order valence-corrected chi connectivity index (χ1v) is 10.2. The number of benzene rings is 1. The minimum atomic E-state index is -0.616. The second-order valence-corrected chi connectivity index (χ2v) is 9.07. The van der Waals surface area contributed by atoms with Gasteiger partial charge < -0.3 is 15.8 Å². The van der Waals surface area contributed by atoms with E-state index in [1.807, 2.05) is 26.8 Å². The topological polar surface area (TPSA) is 84.7 Å². The number of likely N-dealkylation sites (N-methyl/N-ethyl adjacent to an activating group) is 1. The summed E-state index contributed by atoms with van der Waals surface area (Å²) < 4.78 is 6.33. The summed E-state index contributed by atoms with van der Waals surface area (Å²) in [5, 5.41) is 2.90. The van der Waals surface area contributed by atoms with E-state index < -0.39 is 17.7 Å². The predicted molar refractivity (Wildman–Crippen MR) is 112 cm³/mol. The molecule has 1 aromatic rings. The molecule has 0 aliphatic heterocycles. The van der Waals surface area contributed by atoms with Crippen molar-refractivity contribution in [2.24, 2.45) is 5.92 Å². The van der Waals surface area contributed by atoms with E-state index in [4.69, 9.17) is 10.5 Å². The van der Waals surface area contributed by atoms with Crippen molar-refractivity contribution in [3.63, 3.8) is 0 Å². The van der Waals surface area contributed by atoms with Gasteiger partial charge in [-0.1, -0.05) is 35.2 Å². The molecule has 3 N–H and O–H groups in total. The van der Waals surface area contributed by atoms with Crippen LogP contribution >= 0.6 is 15.9 Å². The Kier molecular flexibility index (Phi) is 7.14. The maximum absolute atomic E-state index is 13.1. The Bertz CT molecular complexity index is 682. The maximum atomic E-state index is 13.1. The van der Waals surface area contributed by atoms with Crippen LogP contribution in [0.15, 0.2) is 22.7 Å². The number of hydrogen-bond donors (Lipinski definition) is 2. The zero-order valence-corrected chi connectivity index (χ0v) is 18.1. The summed E-state index contributed by atoms with van der Waals surface area (Å²) in [4.78, 5) is 27.2. The summed E-state index contributed by atoms with van der Waals surface area (Å²) in [5.41, 5.74) is 6.42. The number of carbonyl (C=O) groups excluding carboxylic acids is 2. The van der Waals surface area contributed by atoms with Crippen molar-refractivity contribution in [3.8, 4) is 0 Å². The quantitative estimate of drug-likeness (QED) is 0.660. The minimum Gasteiger partial charge on any atom is -0.444 e. The van der Waals surface area contributed by atoms with E-state index >= 15 is 0 Å². The monoisotopic (exact) mass is 439 g/mol. The fourth-order valence-corrected chi connectivity index (χ4v) is 3.84. The number of nitrogen functional groups attached to an aromatic ring is 1. The number of amides is 2. The van der Waals surface area contributed by atoms with E-state index in [2.05, 4.69) is 21.2 Å². The standard InChI is InChI=1S/C20H30BrN3O3/c1-20(2,3)27-19(26)24(4)17(13-8-6-5-7-9-13)18(25)23-16-11-10-14(21)12-15(16)22/h10-13,17H,5-9,22H2,1-4H3,(H,23,25)/t17-/m1/s1. The van der Waals surface area contributed by atoms with Crippen LogP contribution in [0.5, 0.6) is 0 Å². The molecule has 0 aromatic heterocycles. The molecule has 1 aliphatic carbocycles. The van der Waals surface area contributed by atoms with Gasteiger partial charge in [0, 0.05) is 11.5 Å². The average molecular weight is 440 g/mol. The van der Waals surface area contributed by atoms with Crippen LogP contribution in [-0.4, -0.2) is 35.6 Å². The van der Waals surface area contributed by atoms with Crippen LogP contribution in [-0.2, 0) is 9.53 Å². The number of nitrogens with zero attached hydrogens (tertiary/aromatic N) is 1. The number of anilines is 2. The molecule has 0 unspecified atom stereocenters. The SMILES string of the molecule is CN(C(=O)OC(C)(C)C)[C@@H](C(=O)Nc1ccc(Br)cc1N)C1CCCCC1. The highest BCUT2D eigenvalue weighted by molar-refractivity contribution is 9.10. The van der Waals surface area contributed by atoms with E-state index in [1.54, 1.807) is 19.2 Å². The van der Waals surface area contributed by atoms with Gasteiger partial charge in [0.05, 0.1) is 11.4 Å². The highest BCUT2D eigenvalue weighted by atomic mass is 79.9. The number of nitrogens with one attached hydrogen (secondary N) is 1. The van der Waals surface area contributed by atoms with E-state index in [0.717, 1.165) is 30.2 Å². The molecule has 0 spiro atoms. The molecular formula is C20H30BrN3O3. The van der Waals surface area contributed by atoms with E-state index in [-0.39, 0.29) is 11.8 Å². The molecule has 0 bridgehead atoms.